The highest BCUT2D eigenvalue weighted by Crippen LogP contribution is 2.55. The van der Waals surface area contributed by atoms with Gasteiger partial charge in [-0.1, -0.05) is 38.8 Å². The molecule has 0 aromatic rings. The molecule has 17 heavy (non-hydrogen) atoms. The normalized spacial score (nSPS) is 40.1. The molecule has 0 amide bonds. The van der Waals surface area contributed by atoms with E-state index in [0.717, 1.165) is 0 Å². The fourth-order valence-electron chi connectivity index (χ4n) is 3.38. The minimum Gasteiger partial charge on any atom is -0.390 e. The Hall–Kier alpha value is -0.340. The largest absolute Gasteiger partial charge is 0.390 e. The first-order valence-electron chi connectivity index (χ1n) is 6.70. The summed E-state index contributed by atoms with van der Waals surface area (Å²) < 4.78 is 0. The quantitative estimate of drug-likeness (QED) is 0.637. The van der Waals surface area contributed by atoms with Crippen molar-refractivity contribution < 1.29 is 10.2 Å². The highest BCUT2D eigenvalue weighted by molar-refractivity contribution is 5.34. The molecule has 0 radical (unpaired) electrons. The van der Waals surface area contributed by atoms with Gasteiger partial charge in [-0.15, -0.1) is 0 Å². The van der Waals surface area contributed by atoms with E-state index in [0.29, 0.717) is 12.8 Å². The lowest BCUT2D eigenvalue weighted by Gasteiger charge is -2.50. The summed E-state index contributed by atoms with van der Waals surface area (Å²) in [6, 6.07) is 0. The van der Waals surface area contributed by atoms with Gasteiger partial charge in [-0.3, -0.25) is 0 Å². The Morgan fingerprint density at radius 1 is 0.941 bits per heavy atom. The van der Waals surface area contributed by atoms with Crippen molar-refractivity contribution in [2.45, 2.75) is 72.0 Å². The molecule has 2 rings (SSSR count). The van der Waals surface area contributed by atoms with Crippen molar-refractivity contribution >= 4 is 0 Å². The van der Waals surface area contributed by atoms with Crippen LogP contribution in [0.1, 0.15) is 60.3 Å². The van der Waals surface area contributed by atoms with Crippen molar-refractivity contribution in [1.29, 1.82) is 0 Å². The molecule has 0 heterocycles. The van der Waals surface area contributed by atoms with Crippen LogP contribution in [0.15, 0.2) is 11.1 Å². The maximum absolute atomic E-state index is 10.3. The monoisotopic (exact) mass is 238 g/mol. The fourth-order valence-corrected chi connectivity index (χ4v) is 3.38. The Morgan fingerprint density at radius 2 is 1.41 bits per heavy atom. The van der Waals surface area contributed by atoms with Gasteiger partial charge in [0.25, 0.3) is 0 Å². The van der Waals surface area contributed by atoms with Crippen LogP contribution in [0.3, 0.4) is 0 Å². The van der Waals surface area contributed by atoms with Crippen LogP contribution in [0.5, 0.6) is 0 Å². The van der Waals surface area contributed by atoms with Crippen LogP contribution in [0, 0.1) is 10.8 Å². The zero-order valence-corrected chi connectivity index (χ0v) is 11.8. The van der Waals surface area contributed by atoms with E-state index in [2.05, 4.69) is 27.7 Å². The van der Waals surface area contributed by atoms with Crippen molar-refractivity contribution in [2.75, 3.05) is 0 Å². The van der Waals surface area contributed by atoms with E-state index in [1.807, 2.05) is 0 Å². The van der Waals surface area contributed by atoms with Gasteiger partial charge in [-0.25, -0.2) is 0 Å². The Labute approximate surface area is 105 Å². The summed E-state index contributed by atoms with van der Waals surface area (Å²) in [5, 5.41) is 20.4. The van der Waals surface area contributed by atoms with Crippen LogP contribution in [0.4, 0.5) is 0 Å². The first kappa shape index (κ1) is 13.1. The van der Waals surface area contributed by atoms with Gasteiger partial charge in [0, 0.05) is 6.42 Å². The highest BCUT2D eigenvalue weighted by Gasteiger charge is 2.47. The Balaban J connectivity index is 2.50. The zero-order chi connectivity index (χ0) is 13.1. The molecule has 2 heteroatoms. The van der Waals surface area contributed by atoms with Crippen LogP contribution in [0.25, 0.3) is 0 Å². The van der Waals surface area contributed by atoms with Crippen molar-refractivity contribution in [2.24, 2.45) is 10.8 Å². The lowest BCUT2D eigenvalue weighted by molar-refractivity contribution is -0.0747. The van der Waals surface area contributed by atoms with E-state index in [4.69, 9.17) is 0 Å². The molecule has 0 spiro atoms. The van der Waals surface area contributed by atoms with Gasteiger partial charge in [0.1, 0.15) is 0 Å². The van der Waals surface area contributed by atoms with Gasteiger partial charge in [-0.05, 0) is 37.0 Å². The molecule has 0 aliphatic heterocycles. The minimum atomic E-state index is -0.955. The predicted octanol–water partition coefficient (Wildman–Crippen LogP) is 3.03. The summed E-state index contributed by atoms with van der Waals surface area (Å²) >= 11 is 0. The van der Waals surface area contributed by atoms with Crippen molar-refractivity contribution in [3.63, 3.8) is 0 Å². The predicted molar refractivity (Wildman–Crippen MR) is 69.7 cm³/mol. The van der Waals surface area contributed by atoms with Crippen molar-refractivity contribution in [3.8, 4) is 0 Å². The molecule has 0 fully saturated rings. The number of aliphatic hydroxyl groups is 2. The number of hydrogen-bond donors (Lipinski definition) is 2. The molecule has 0 saturated heterocycles. The zero-order valence-electron chi connectivity index (χ0n) is 11.8. The Kier molecular flexibility index (Phi) is 2.76. The average molecular weight is 238 g/mol. The lowest BCUT2D eigenvalue weighted by atomic mass is 9.57. The molecular weight excluding hydrogens is 212 g/mol. The van der Waals surface area contributed by atoms with Crippen LogP contribution >= 0.6 is 0 Å². The molecule has 98 valence electrons. The molecule has 2 aliphatic rings. The summed E-state index contributed by atoms with van der Waals surface area (Å²) in [5.74, 6) is 0. The summed E-state index contributed by atoms with van der Waals surface area (Å²) in [6.45, 7) is 10.8. The van der Waals surface area contributed by atoms with Crippen molar-refractivity contribution in [3.05, 3.63) is 11.1 Å². The summed E-state index contributed by atoms with van der Waals surface area (Å²) in [7, 11) is 0. The van der Waals surface area contributed by atoms with Gasteiger partial charge in [-0.2, -0.15) is 0 Å². The van der Waals surface area contributed by atoms with Gasteiger partial charge in [0.05, 0.1) is 11.7 Å². The second kappa shape index (κ2) is 3.58. The molecule has 2 atom stereocenters. The molecule has 2 aliphatic carbocycles. The molecule has 2 unspecified atom stereocenters. The van der Waals surface area contributed by atoms with E-state index in [1.165, 1.54) is 24.0 Å². The maximum Gasteiger partial charge on any atom is 0.0917 e. The molecular formula is C15H26O2. The van der Waals surface area contributed by atoms with Gasteiger partial charge in [0.2, 0.25) is 0 Å². The second-order valence-electron chi connectivity index (χ2n) is 7.48. The summed E-state index contributed by atoms with van der Waals surface area (Å²) in [6.07, 6.45) is 2.99. The molecule has 2 N–H and O–H groups in total. The van der Waals surface area contributed by atoms with E-state index >= 15 is 0 Å². The third kappa shape index (κ3) is 2.06. The summed E-state index contributed by atoms with van der Waals surface area (Å²) in [5.41, 5.74) is 2.19. The molecule has 0 saturated carbocycles. The smallest absolute Gasteiger partial charge is 0.0917 e. The second-order valence-corrected chi connectivity index (χ2v) is 7.48. The SMILES string of the molecule is CC1(C)CCC(C)(C)C2=C1CC(O)C(C)(O)C2. The molecule has 0 bridgehead atoms. The van der Waals surface area contributed by atoms with Crippen molar-refractivity contribution in [1.82, 2.24) is 0 Å². The Morgan fingerprint density at radius 3 is 1.94 bits per heavy atom. The summed E-state index contributed by atoms with van der Waals surface area (Å²) in [4.78, 5) is 0. The first-order chi connectivity index (χ1) is 7.56. The minimum absolute atomic E-state index is 0.176. The third-order valence-electron chi connectivity index (χ3n) is 5.02. The van der Waals surface area contributed by atoms with E-state index in [1.54, 1.807) is 6.92 Å². The maximum atomic E-state index is 10.3. The topological polar surface area (TPSA) is 40.5 Å². The lowest BCUT2D eigenvalue weighted by Crippen LogP contribution is -2.48. The first-order valence-corrected chi connectivity index (χ1v) is 6.70. The van der Waals surface area contributed by atoms with E-state index in [-0.39, 0.29) is 10.8 Å². The van der Waals surface area contributed by atoms with Gasteiger partial charge >= 0.3 is 0 Å². The molecule has 2 nitrogen and oxygen atoms in total. The number of aliphatic hydroxyl groups excluding tert-OH is 1. The van der Waals surface area contributed by atoms with Crippen LogP contribution in [-0.2, 0) is 0 Å². The highest BCUT2D eigenvalue weighted by atomic mass is 16.3. The van der Waals surface area contributed by atoms with E-state index < -0.39 is 11.7 Å². The standard InChI is InChI=1S/C15H26O2/c1-13(2)6-7-14(3,4)11-9-15(5,17)12(16)8-10(11)13/h12,16-17H,6-9H2,1-5H3. The van der Waals surface area contributed by atoms with Crippen LogP contribution in [-0.4, -0.2) is 21.9 Å². The van der Waals surface area contributed by atoms with E-state index in [9.17, 15) is 10.2 Å². The number of rotatable bonds is 0. The molecule has 0 aromatic carbocycles. The van der Waals surface area contributed by atoms with Crippen LogP contribution < -0.4 is 0 Å². The molecule has 0 aromatic heterocycles. The fraction of sp³-hybridized carbons (Fsp3) is 0.867. The number of hydrogen-bond acceptors (Lipinski definition) is 2. The van der Waals surface area contributed by atoms with Gasteiger partial charge < -0.3 is 10.2 Å². The Bertz CT molecular complexity index is 361. The third-order valence-corrected chi connectivity index (χ3v) is 5.02. The average Bonchev–Trinajstić information content (AvgIpc) is 2.17. The van der Waals surface area contributed by atoms with Crippen LogP contribution in [0.2, 0.25) is 0 Å². The van der Waals surface area contributed by atoms with Gasteiger partial charge in [0.15, 0.2) is 0 Å².